The second-order valence-electron chi connectivity index (χ2n) is 6.31. The lowest BCUT2D eigenvalue weighted by molar-refractivity contribution is 0.242. The van der Waals surface area contributed by atoms with Crippen LogP contribution in [-0.2, 0) is 10.0 Å². The van der Waals surface area contributed by atoms with E-state index in [1.165, 1.54) is 11.3 Å². The summed E-state index contributed by atoms with van der Waals surface area (Å²) >= 11 is 1.50. The van der Waals surface area contributed by atoms with Crippen molar-refractivity contribution in [2.45, 2.75) is 20.0 Å². The smallest absolute Gasteiger partial charge is 0.229 e. The van der Waals surface area contributed by atoms with Crippen molar-refractivity contribution in [3.8, 4) is 17.0 Å². The molecular weight excluding hydrogens is 382 g/mol. The molecule has 27 heavy (non-hydrogen) atoms. The minimum Gasteiger partial charge on any atom is -0.491 e. The van der Waals surface area contributed by atoms with Crippen molar-refractivity contribution in [1.29, 1.82) is 0 Å². The highest BCUT2D eigenvalue weighted by molar-refractivity contribution is 7.92. The number of anilines is 3. The van der Waals surface area contributed by atoms with Crippen LogP contribution in [0, 0.1) is 0 Å². The van der Waals surface area contributed by atoms with Gasteiger partial charge < -0.3 is 10.1 Å². The zero-order valence-corrected chi connectivity index (χ0v) is 16.9. The summed E-state index contributed by atoms with van der Waals surface area (Å²) in [4.78, 5) is 4.59. The molecule has 3 rings (SSSR count). The monoisotopic (exact) mass is 403 g/mol. The highest BCUT2D eigenvalue weighted by Gasteiger charge is 2.07. The fourth-order valence-electron chi connectivity index (χ4n) is 2.40. The lowest BCUT2D eigenvalue weighted by Gasteiger charge is -2.10. The number of ether oxygens (including phenoxy) is 1. The predicted molar refractivity (Wildman–Crippen MR) is 112 cm³/mol. The SMILES string of the molecule is CC(C)Oc1ccc(Nc2nc(-c3ccc(NS(C)(=O)=O)cc3)cs2)cc1. The van der Waals surface area contributed by atoms with Gasteiger partial charge in [-0.3, -0.25) is 4.72 Å². The largest absolute Gasteiger partial charge is 0.491 e. The molecule has 2 N–H and O–H groups in total. The summed E-state index contributed by atoms with van der Waals surface area (Å²) in [6.45, 7) is 3.99. The van der Waals surface area contributed by atoms with E-state index in [1.807, 2.05) is 55.6 Å². The molecule has 3 aromatic rings. The summed E-state index contributed by atoms with van der Waals surface area (Å²) in [5.41, 5.74) is 3.20. The third kappa shape index (κ3) is 5.70. The minimum absolute atomic E-state index is 0.143. The van der Waals surface area contributed by atoms with E-state index in [0.29, 0.717) is 5.69 Å². The van der Waals surface area contributed by atoms with Crippen molar-refractivity contribution in [3.63, 3.8) is 0 Å². The Morgan fingerprint density at radius 1 is 1.00 bits per heavy atom. The Hall–Kier alpha value is -2.58. The fraction of sp³-hybridized carbons (Fsp3) is 0.211. The average molecular weight is 404 g/mol. The lowest BCUT2D eigenvalue weighted by atomic mass is 10.1. The van der Waals surface area contributed by atoms with Gasteiger partial charge in [-0.2, -0.15) is 0 Å². The van der Waals surface area contributed by atoms with Crippen LogP contribution < -0.4 is 14.8 Å². The summed E-state index contributed by atoms with van der Waals surface area (Å²) in [6, 6.07) is 14.9. The van der Waals surface area contributed by atoms with E-state index in [0.717, 1.165) is 34.1 Å². The molecule has 1 heterocycles. The van der Waals surface area contributed by atoms with Gasteiger partial charge in [0.25, 0.3) is 0 Å². The van der Waals surface area contributed by atoms with Crippen LogP contribution in [0.2, 0.25) is 0 Å². The maximum absolute atomic E-state index is 11.3. The van der Waals surface area contributed by atoms with Crippen LogP contribution in [0.1, 0.15) is 13.8 Å². The molecule has 0 bridgehead atoms. The molecule has 0 radical (unpaired) electrons. The summed E-state index contributed by atoms with van der Waals surface area (Å²) in [5, 5.41) is 6.01. The first-order valence-corrected chi connectivity index (χ1v) is 11.1. The zero-order chi connectivity index (χ0) is 19.4. The third-order valence-corrected chi connectivity index (χ3v) is 4.83. The van der Waals surface area contributed by atoms with Crippen LogP contribution in [0.5, 0.6) is 5.75 Å². The Kier molecular flexibility index (Phi) is 5.67. The molecule has 2 aromatic carbocycles. The van der Waals surface area contributed by atoms with E-state index >= 15 is 0 Å². The van der Waals surface area contributed by atoms with Gasteiger partial charge in [0.15, 0.2) is 5.13 Å². The molecule has 0 atom stereocenters. The van der Waals surface area contributed by atoms with Crippen LogP contribution >= 0.6 is 11.3 Å². The maximum Gasteiger partial charge on any atom is 0.229 e. The number of thiazole rings is 1. The van der Waals surface area contributed by atoms with E-state index in [-0.39, 0.29) is 6.10 Å². The van der Waals surface area contributed by atoms with Gasteiger partial charge in [-0.15, -0.1) is 11.3 Å². The van der Waals surface area contributed by atoms with Crippen molar-refractivity contribution in [2.75, 3.05) is 16.3 Å². The van der Waals surface area contributed by atoms with Gasteiger partial charge in [0.1, 0.15) is 5.75 Å². The average Bonchev–Trinajstić information content (AvgIpc) is 3.04. The van der Waals surface area contributed by atoms with Gasteiger partial charge in [0, 0.05) is 22.3 Å². The zero-order valence-electron chi connectivity index (χ0n) is 15.3. The van der Waals surface area contributed by atoms with E-state index in [9.17, 15) is 8.42 Å². The minimum atomic E-state index is -3.28. The van der Waals surface area contributed by atoms with Crippen molar-refractivity contribution in [2.24, 2.45) is 0 Å². The summed E-state index contributed by atoms with van der Waals surface area (Å²) in [5.74, 6) is 0.832. The van der Waals surface area contributed by atoms with Crippen LogP contribution in [0.4, 0.5) is 16.5 Å². The number of benzene rings is 2. The number of rotatable bonds is 7. The van der Waals surface area contributed by atoms with Crippen molar-refractivity contribution in [1.82, 2.24) is 4.98 Å². The Labute approximate surface area is 163 Å². The lowest BCUT2D eigenvalue weighted by Crippen LogP contribution is -2.09. The molecule has 0 aliphatic heterocycles. The first-order valence-electron chi connectivity index (χ1n) is 8.36. The molecule has 8 heteroatoms. The maximum atomic E-state index is 11.3. The summed E-state index contributed by atoms with van der Waals surface area (Å²) in [6.07, 6.45) is 1.27. The Morgan fingerprint density at radius 2 is 1.63 bits per heavy atom. The fourth-order valence-corrected chi connectivity index (χ4v) is 3.70. The molecule has 0 saturated carbocycles. The first-order chi connectivity index (χ1) is 12.8. The van der Waals surface area contributed by atoms with Gasteiger partial charge in [0.05, 0.1) is 18.1 Å². The molecule has 0 saturated heterocycles. The molecule has 0 unspecified atom stereocenters. The van der Waals surface area contributed by atoms with E-state index in [4.69, 9.17) is 4.74 Å². The molecule has 0 aliphatic rings. The number of hydrogen-bond acceptors (Lipinski definition) is 6. The number of sulfonamides is 1. The number of nitrogens with zero attached hydrogens (tertiary/aromatic N) is 1. The molecular formula is C19H21N3O3S2. The van der Waals surface area contributed by atoms with E-state index < -0.39 is 10.0 Å². The third-order valence-electron chi connectivity index (χ3n) is 3.47. The van der Waals surface area contributed by atoms with Crippen LogP contribution in [-0.4, -0.2) is 25.8 Å². The molecule has 0 amide bonds. The van der Waals surface area contributed by atoms with Gasteiger partial charge in [-0.25, -0.2) is 13.4 Å². The highest BCUT2D eigenvalue weighted by Crippen LogP contribution is 2.28. The van der Waals surface area contributed by atoms with Gasteiger partial charge >= 0.3 is 0 Å². The summed E-state index contributed by atoms with van der Waals surface area (Å²) in [7, 11) is -3.28. The quantitative estimate of drug-likeness (QED) is 0.597. The van der Waals surface area contributed by atoms with Crippen LogP contribution in [0.25, 0.3) is 11.3 Å². The molecule has 6 nitrogen and oxygen atoms in total. The molecule has 0 aliphatic carbocycles. The number of nitrogens with one attached hydrogen (secondary N) is 2. The first kappa shape index (κ1) is 19.2. The Balaban J connectivity index is 1.67. The van der Waals surface area contributed by atoms with Crippen molar-refractivity contribution in [3.05, 3.63) is 53.9 Å². The van der Waals surface area contributed by atoms with E-state index in [2.05, 4.69) is 15.0 Å². The van der Waals surface area contributed by atoms with Crippen LogP contribution in [0.15, 0.2) is 53.9 Å². The van der Waals surface area contributed by atoms with Gasteiger partial charge in [0.2, 0.25) is 10.0 Å². The molecule has 142 valence electrons. The van der Waals surface area contributed by atoms with Gasteiger partial charge in [-0.1, -0.05) is 12.1 Å². The summed E-state index contributed by atoms with van der Waals surface area (Å²) < 4.78 is 30.6. The number of hydrogen-bond donors (Lipinski definition) is 2. The normalized spacial score (nSPS) is 11.4. The highest BCUT2D eigenvalue weighted by atomic mass is 32.2. The standard InChI is InChI=1S/C19H21N3O3S2/c1-13(2)25-17-10-8-15(9-11-17)20-19-21-18(12-26-19)14-4-6-16(7-5-14)22-27(3,23)24/h4-13,22H,1-3H3,(H,20,21). The van der Waals surface area contributed by atoms with E-state index in [1.54, 1.807) is 12.1 Å². The topological polar surface area (TPSA) is 80.3 Å². The molecule has 0 fully saturated rings. The second-order valence-corrected chi connectivity index (χ2v) is 8.91. The van der Waals surface area contributed by atoms with Crippen molar-refractivity contribution >= 4 is 37.9 Å². The second kappa shape index (κ2) is 7.98. The molecule has 1 aromatic heterocycles. The number of aromatic nitrogens is 1. The Morgan fingerprint density at radius 3 is 2.22 bits per heavy atom. The van der Waals surface area contributed by atoms with Crippen LogP contribution in [0.3, 0.4) is 0 Å². The molecule has 0 spiro atoms. The van der Waals surface area contributed by atoms with Gasteiger partial charge in [-0.05, 0) is 50.2 Å². The Bertz CT molecular complexity index is 995. The van der Waals surface area contributed by atoms with Crippen molar-refractivity contribution < 1.29 is 13.2 Å². The predicted octanol–water partition coefficient (Wildman–Crippen LogP) is 4.71.